The molecule has 0 aromatic heterocycles. The van der Waals surface area contributed by atoms with Crippen LogP contribution in [0.15, 0.2) is 70.1 Å². The van der Waals surface area contributed by atoms with Crippen molar-refractivity contribution in [2.24, 2.45) is 21.4 Å². The van der Waals surface area contributed by atoms with E-state index in [1.54, 1.807) is 13.2 Å². The molecule has 8 unspecified atom stereocenters. The molecule has 0 aliphatic carbocycles. The number of phenolic OH excluding ortho intramolecular Hbond substituents is 1. The summed E-state index contributed by atoms with van der Waals surface area (Å²) < 4.78 is 30.1. The molecule has 5 saturated heterocycles. The summed E-state index contributed by atoms with van der Waals surface area (Å²) in [4.78, 5) is 16.8. The van der Waals surface area contributed by atoms with Crippen LogP contribution in [0.1, 0.15) is 105 Å². The maximum atomic E-state index is 9.70. The Bertz CT molecular complexity index is 2240. The summed E-state index contributed by atoms with van der Waals surface area (Å²) in [5.74, 6) is 3.07. The maximum Gasteiger partial charge on any atom is 0.168 e. The van der Waals surface area contributed by atoms with E-state index in [0.29, 0.717) is 25.6 Å². The van der Waals surface area contributed by atoms with Crippen molar-refractivity contribution in [3.8, 4) is 17.2 Å². The quantitative estimate of drug-likeness (QED) is 0.228. The molecule has 3 aromatic carbocycles. The highest BCUT2D eigenvalue weighted by Crippen LogP contribution is 2.38. The second kappa shape index (κ2) is 26.7. The summed E-state index contributed by atoms with van der Waals surface area (Å²) >= 11 is 0. The zero-order valence-electron chi connectivity index (χ0n) is 42.1. The van der Waals surface area contributed by atoms with Crippen LogP contribution in [-0.2, 0) is 28.7 Å². The molecule has 3 aromatic rings. The Hall–Kier alpha value is -3.15. The third-order valence-electron chi connectivity index (χ3n) is 13.8. The number of aromatic hydroxyl groups is 1. The highest BCUT2D eigenvalue weighted by Gasteiger charge is 2.45. The van der Waals surface area contributed by atoms with Gasteiger partial charge in [-0.05, 0) is 100 Å². The highest BCUT2D eigenvalue weighted by atomic mass is 35.5. The molecule has 8 aliphatic rings. The van der Waals surface area contributed by atoms with Crippen LogP contribution in [-0.4, -0.2) is 129 Å². The maximum absolute atomic E-state index is 9.70. The van der Waals surface area contributed by atoms with E-state index in [2.05, 4.69) is 88.6 Å². The fourth-order valence-corrected chi connectivity index (χ4v) is 9.99. The van der Waals surface area contributed by atoms with Gasteiger partial charge in [0.1, 0.15) is 23.4 Å². The molecule has 2 N–H and O–H groups in total. The lowest BCUT2D eigenvalue weighted by Crippen LogP contribution is -2.37. The smallest absolute Gasteiger partial charge is 0.168 e. The zero-order valence-corrected chi connectivity index (χ0v) is 46.2. The van der Waals surface area contributed by atoms with Gasteiger partial charge in [0.15, 0.2) is 16.8 Å². The summed E-state index contributed by atoms with van der Waals surface area (Å²) in [6, 6.07) is 18.1. The van der Waals surface area contributed by atoms with Gasteiger partial charge in [0.2, 0.25) is 0 Å². The number of nitrogens with zero attached hydrogens (tertiary/aromatic N) is 4. The molecule has 14 nitrogen and oxygen atoms in total. The fourth-order valence-electron chi connectivity index (χ4n) is 9.45. The highest BCUT2D eigenvalue weighted by molar-refractivity contribution is 8.02. The Morgan fingerprint density at radius 2 is 1.19 bits per heavy atom. The van der Waals surface area contributed by atoms with Crippen molar-refractivity contribution in [1.29, 1.82) is 0 Å². The van der Waals surface area contributed by atoms with Gasteiger partial charge in [0, 0.05) is 74.8 Å². The van der Waals surface area contributed by atoms with Crippen molar-refractivity contribution in [2.45, 2.75) is 115 Å². The van der Waals surface area contributed by atoms with Crippen molar-refractivity contribution >= 4 is 56.1 Å². The summed E-state index contributed by atoms with van der Waals surface area (Å²) in [5.41, 5.74) is 8.44. The topological polar surface area (TPSA) is 146 Å². The normalized spacial score (nSPS) is 27.5. The summed E-state index contributed by atoms with van der Waals surface area (Å²) in [7, 11) is 8.06. The number of phenols is 1. The third kappa shape index (κ3) is 15.2. The van der Waals surface area contributed by atoms with Crippen LogP contribution in [0, 0.1) is 26.7 Å². The van der Waals surface area contributed by atoms with Crippen LogP contribution in [0.5, 0.6) is 17.2 Å². The van der Waals surface area contributed by atoms with Crippen LogP contribution < -0.4 is 14.8 Å². The molecule has 0 radical (unpaired) electrons. The van der Waals surface area contributed by atoms with Gasteiger partial charge in [-0.2, -0.15) is 0 Å². The van der Waals surface area contributed by atoms with Crippen molar-refractivity contribution in [1.82, 2.24) is 9.99 Å². The second-order valence-corrected chi connectivity index (χ2v) is 22.7. The minimum Gasteiger partial charge on any atom is -0.508 e. The Balaban J connectivity index is 0.000000156. The second-order valence-electron chi connectivity index (χ2n) is 19.7. The largest absolute Gasteiger partial charge is 0.508 e. The van der Waals surface area contributed by atoms with Gasteiger partial charge >= 0.3 is 0 Å². The minimum absolute atomic E-state index is 0. The molecule has 18 heteroatoms. The van der Waals surface area contributed by atoms with E-state index < -0.39 is 0 Å². The Morgan fingerprint density at radius 3 is 1.59 bits per heavy atom. The van der Waals surface area contributed by atoms with Crippen molar-refractivity contribution < 1.29 is 43.3 Å². The average molecular weight is 1040 g/mol. The molecule has 3 spiro atoms. The molecule has 0 saturated carbocycles. The van der Waals surface area contributed by atoms with Gasteiger partial charge < -0.3 is 48.6 Å². The Labute approximate surface area is 428 Å². The first-order valence-electron chi connectivity index (χ1n) is 24.6. The van der Waals surface area contributed by atoms with Gasteiger partial charge in [-0.15, -0.1) is 29.6 Å². The minimum atomic E-state index is -0.254. The molecular formula is C52H77ClN5O9P3. The molecule has 386 valence electrons. The van der Waals surface area contributed by atoms with Crippen LogP contribution in [0.2, 0.25) is 0 Å². The Kier molecular flexibility index (Phi) is 21.4. The molecule has 70 heavy (non-hydrogen) atoms. The van der Waals surface area contributed by atoms with E-state index in [9.17, 15) is 5.11 Å². The van der Waals surface area contributed by atoms with E-state index >= 15 is 0 Å². The average Bonchev–Trinajstić information content (AvgIpc) is 4.24. The van der Waals surface area contributed by atoms with Crippen LogP contribution in [0.4, 0.5) is 0 Å². The van der Waals surface area contributed by atoms with Gasteiger partial charge in [-0.3, -0.25) is 4.67 Å². The SMILES string of the molecule is CC1CCCN(P)C1.COc1cc(C2=NOC3(CCOC3)C2)ccc1C.CPP.Cc1ccc(C2=NOC3(CCOC3)C2)cc1O.Cc1ccc(C2=NOC3(CCOC3)C2)cc1OC1CCCNC1.Cl. The number of ether oxygens (including phenoxy) is 5. The predicted molar refractivity (Wildman–Crippen MR) is 290 cm³/mol. The fraction of sp³-hybridized carbons (Fsp3) is 0.596. The van der Waals surface area contributed by atoms with Gasteiger partial charge in [-0.1, -0.05) is 68.2 Å². The van der Waals surface area contributed by atoms with Crippen molar-refractivity contribution in [3.05, 3.63) is 88.0 Å². The van der Waals surface area contributed by atoms with E-state index in [-0.39, 0.29) is 35.3 Å². The first kappa shape index (κ1) is 56.2. The third-order valence-corrected chi connectivity index (χ3v) is 14.2. The van der Waals surface area contributed by atoms with Gasteiger partial charge in [0.05, 0.1) is 63.9 Å². The lowest BCUT2D eigenvalue weighted by atomic mass is 9.93. The van der Waals surface area contributed by atoms with Crippen LogP contribution >= 0.6 is 39.0 Å². The number of halogens is 1. The predicted octanol–water partition coefficient (Wildman–Crippen LogP) is 9.70. The number of hydrogen-bond donors (Lipinski definition) is 2. The van der Waals surface area contributed by atoms with Gasteiger partial charge in [0.25, 0.3) is 0 Å². The molecule has 0 amide bonds. The number of rotatable bonds is 6. The molecule has 5 fully saturated rings. The first-order valence-corrected chi connectivity index (χ1v) is 28.5. The van der Waals surface area contributed by atoms with Crippen molar-refractivity contribution in [3.63, 3.8) is 0 Å². The number of oxime groups is 3. The summed E-state index contributed by atoms with van der Waals surface area (Å²) in [5, 5.41) is 25.8. The monoisotopic (exact) mass is 1040 g/mol. The van der Waals surface area contributed by atoms with E-state index in [1.807, 2.05) is 38.1 Å². The zero-order chi connectivity index (χ0) is 48.9. The first-order chi connectivity index (χ1) is 33.4. The van der Waals surface area contributed by atoms with Crippen LogP contribution in [0.25, 0.3) is 0 Å². The summed E-state index contributed by atoms with van der Waals surface area (Å²) in [6.07, 6.45) is 10.5. The molecule has 0 bridgehead atoms. The number of methoxy groups -OCH3 is 1. The standard InChI is InChI=1S/C18H24N2O3.C14H17NO3.C13H15NO3.C6H14NP.CH6P2.ClH/c1-13-4-5-14(9-17(13)22-15-3-2-7-19-11-15)16-10-18(23-20-16)6-8-21-12-18;1-10-3-4-11(7-13(10)16-2)12-8-14(18-15-12)5-6-17-9-14;1-9-2-3-10(6-12(9)15)11-7-13(17-14-11)4-5-16-8-13;1-6-3-2-4-7(8)5-6;1-3-2;/h4-5,9,15,19H,2-3,6-8,10-12H2,1H3;3-4,7H,5-6,8-9H2,1-2H3;2-3,6,15H,4-5,7-8H2,1H3;6H,2-5,8H2,1H3;3H,2H2,1H3;1H. The summed E-state index contributed by atoms with van der Waals surface area (Å²) in [6.45, 7) is 19.1. The number of hydrogen-bond acceptors (Lipinski definition) is 14. The van der Waals surface area contributed by atoms with E-state index in [0.717, 1.165) is 154 Å². The number of nitrogens with one attached hydrogen (secondary N) is 1. The lowest BCUT2D eigenvalue weighted by Gasteiger charge is -2.26. The number of piperidine rings is 2. The lowest BCUT2D eigenvalue weighted by molar-refractivity contribution is -0.0238. The molecule has 8 aliphatic heterocycles. The Morgan fingerprint density at radius 1 is 0.714 bits per heavy atom. The molecule has 11 rings (SSSR count). The molecule has 8 heterocycles. The van der Waals surface area contributed by atoms with Crippen LogP contribution in [0.3, 0.4) is 0 Å². The number of benzene rings is 3. The number of aryl methyl sites for hydroxylation is 3. The van der Waals surface area contributed by atoms with Crippen molar-refractivity contribution in [2.75, 3.05) is 79.6 Å². The molecule has 8 atom stereocenters. The van der Waals surface area contributed by atoms with E-state index in [1.165, 1.54) is 32.4 Å². The van der Waals surface area contributed by atoms with Gasteiger partial charge in [-0.25, -0.2) is 0 Å². The molecular weight excluding hydrogens is 967 g/mol. The van der Waals surface area contributed by atoms with E-state index in [4.69, 9.17) is 38.2 Å².